The zero-order valence-electron chi connectivity index (χ0n) is 11.4. The summed E-state index contributed by atoms with van der Waals surface area (Å²) in [4.78, 5) is 17.0. The molecule has 0 bridgehead atoms. The number of Topliss-reactive ketones (excluding diaryl/α,β-unsaturated/α-hetero) is 1. The predicted molar refractivity (Wildman–Crippen MR) is 77.4 cm³/mol. The number of nitrogens with zero attached hydrogens (tertiary/aromatic N) is 1. The van der Waals surface area contributed by atoms with Crippen molar-refractivity contribution >= 4 is 16.7 Å². The van der Waals surface area contributed by atoms with Crippen molar-refractivity contribution in [2.45, 2.75) is 39.0 Å². The van der Waals surface area contributed by atoms with Crippen molar-refractivity contribution in [2.24, 2.45) is 5.92 Å². The highest BCUT2D eigenvalue weighted by atomic mass is 16.1. The minimum absolute atomic E-state index is 0.286. The molecule has 1 aliphatic carbocycles. The van der Waals surface area contributed by atoms with Crippen molar-refractivity contribution in [1.29, 1.82) is 0 Å². The van der Waals surface area contributed by atoms with Gasteiger partial charge in [0.25, 0.3) is 0 Å². The Balaban J connectivity index is 1.96. The lowest BCUT2D eigenvalue weighted by molar-refractivity contribution is 0.0963. The molecule has 19 heavy (non-hydrogen) atoms. The van der Waals surface area contributed by atoms with Crippen LogP contribution < -0.4 is 0 Å². The fourth-order valence-electron chi connectivity index (χ4n) is 3.13. The van der Waals surface area contributed by atoms with Gasteiger partial charge in [0.15, 0.2) is 5.78 Å². The van der Waals surface area contributed by atoms with Gasteiger partial charge in [-0.2, -0.15) is 0 Å². The maximum absolute atomic E-state index is 12.5. The number of benzene rings is 1. The number of pyridine rings is 1. The van der Waals surface area contributed by atoms with E-state index in [1.54, 1.807) is 0 Å². The highest BCUT2D eigenvalue weighted by molar-refractivity contribution is 6.07. The van der Waals surface area contributed by atoms with Gasteiger partial charge in [0.2, 0.25) is 0 Å². The first-order valence-electron chi connectivity index (χ1n) is 7.13. The zero-order chi connectivity index (χ0) is 13.2. The molecule has 0 saturated heterocycles. The summed E-state index contributed by atoms with van der Waals surface area (Å²) < 4.78 is 0. The Morgan fingerprint density at radius 2 is 2.00 bits per heavy atom. The van der Waals surface area contributed by atoms with Crippen molar-refractivity contribution in [1.82, 2.24) is 4.98 Å². The van der Waals surface area contributed by atoms with Crippen LogP contribution in [0, 0.1) is 12.8 Å². The number of aromatic nitrogens is 1. The highest BCUT2D eigenvalue weighted by Gasteiger charge is 2.20. The Morgan fingerprint density at radius 1 is 1.26 bits per heavy atom. The van der Waals surface area contributed by atoms with Gasteiger partial charge in [-0.1, -0.05) is 43.9 Å². The minimum atomic E-state index is 0.286. The molecule has 0 atom stereocenters. The first-order valence-corrected chi connectivity index (χ1v) is 7.13. The van der Waals surface area contributed by atoms with Crippen molar-refractivity contribution < 1.29 is 4.79 Å². The smallest absolute Gasteiger partial charge is 0.163 e. The highest BCUT2D eigenvalue weighted by Crippen LogP contribution is 2.30. The summed E-state index contributed by atoms with van der Waals surface area (Å²) in [6.07, 6.45) is 5.71. The maximum Gasteiger partial charge on any atom is 0.163 e. The quantitative estimate of drug-likeness (QED) is 0.763. The van der Waals surface area contributed by atoms with Gasteiger partial charge in [0.1, 0.15) is 0 Å². The number of ketones is 1. The van der Waals surface area contributed by atoms with Crippen molar-refractivity contribution in [3.05, 3.63) is 41.6 Å². The number of hydrogen-bond donors (Lipinski definition) is 0. The third kappa shape index (κ3) is 2.53. The number of carbonyl (C=O) groups is 1. The number of aryl methyl sites for hydroxylation is 1. The van der Waals surface area contributed by atoms with E-state index < -0.39 is 0 Å². The standard InChI is InChI=1S/C17H19NO/c1-12-10-15(14-8-4-5-9-16(14)18-12)17(19)11-13-6-2-3-7-13/h4-5,8-10,13H,2-3,6-7,11H2,1H3. The van der Waals surface area contributed by atoms with Gasteiger partial charge >= 0.3 is 0 Å². The van der Waals surface area contributed by atoms with Crippen LogP contribution in [0.3, 0.4) is 0 Å². The Kier molecular flexibility index (Phi) is 3.33. The predicted octanol–water partition coefficient (Wildman–Crippen LogP) is 4.31. The summed E-state index contributed by atoms with van der Waals surface area (Å²) in [6, 6.07) is 9.88. The fourth-order valence-corrected chi connectivity index (χ4v) is 3.13. The lowest BCUT2D eigenvalue weighted by Crippen LogP contribution is -2.07. The molecular weight excluding hydrogens is 234 g/mol. The van der Waals surface area contributed by atoms with Crippen LogP contribution in [0.25, 0.3) is 10.9 Å². The van der Waals surface area contributed by atoms with E-state index in [0.29, 0.717) is 12.3 Å². The van der Waals surface area contributed by atoms with Crippen LogP contribution in [-0.4, -0.2) is 10.8 Å². The molecule has 1 aromatic heterocycles. The minimum Gasteiger partial charge on any atom is -0.294 e. The van der Waals surface area contributed by atoms with E-state index in [1.807, 2.05) is 37.3 Å². The van der Waals surface area contributed by atoms with E-state index in [-0.39, 0.29) is 5.78 Å². The Hall–Kier alpha value is -1.70. The van der Waals surface area contributed by atoms with Crippen molar-refractivity contribution in [2.75, 3.05) is 0 Å². The molecule has 3 rings (SSSR count). The van der Waals surface area contributed by atoms with E-state index in [2.05, 4.69) is 4.98 Å². The van der Waals surface area contributed by atoms with Crippen molar-refractivity contribution in [3.63, 3.8) is 0 Å². The van der Waals surface area contributed by atoms with E-state index in [1.165, 1.54) is 25.7 Å². The topological polar surface area (TPSA) is 30.0 Å². The third-order valence-electron chi connectivity index (χ3n) is 4.09. The van der Waals surface area contributed by atoms with Crippen LogP contribution in [0.5, 0.6) is 0 Å². The third-order valence-corrected chi connectivity index (χ3v) is 4.09. The SMILES string of the molecule is Cc1cc(C(=O)CC2CCCC2)c2ccccc2n1. The van der Waals surface area contributed by atoms with Crippen LogP contribution in [0.15, 0.2) is 30.3 Å². The second-order valence-electron chi connectivity index (χ2n) is 5.61. The molecule has 0 aliphatic heterocycles. The zero-order valence-corrected chi connectivity index (χ0v) is 11.4. The first kappa shape index (κ1) is 12.3. The lowest BCUT2D eigenvalue weighted by atomic mass is 9.95. The van der Waals surface area contributed by atoms with Gasteiger partial charge in [-0.25, -0.2) is 0 Å². The summed E-state index contributed by atoms with van der Waals surface area (Å²) >= 11 is 0. The normalized spacial score (nSPS) is 16.1. The molecule has 2 heteroatoms. The second kappa shape index (κ2) is 5.12. The van der Waals surface area contributed by atoms with Gasteiger partial charge in [-0.05, 0) is 25.0 Å². The molecule has 2 nitrogen and oxygen atoms in total. The lowest BCUT2D eigenvalue weighted by Gasteiger charge is -2.10. The van der Waals surface area contributed by atoms with Gasteiger partial charge < -0.3 is 0 Å². The average molecular weight is 253 g/mol. The van der Waals surface area contributed by atoms with Crippen LogP contribution in [-0.2, 0) is 0 Å². The fraction of sp³-hybridized carbons (Fsp3) is 0.412. The van der Waals surface area contributed by atoms with Crippen LogP contribution in [0.2, 0.25) is 0 Å². The number of rotatable bonds is 3. The first-order chi connectivity index (χ1) is 9.24. The largest absolute Gasteiger partial charge is 0.294 e. The molecule has 1 heterocycles. The summed E-state index contributed by atoms with van der Waals surface area (Å²) in [7, 11) is 0. The number of carbonyl (C=O) groups excluding carboxylic acids is 1. The van der Waals surface area contributed by atoms with Crippen molar-refractivity contribution in [3.8, 4) is 0 Å². The molecule has 98 valence electrons. The molecule has 0 unspecified atom stereocenters. The molecule has 0 radical (unpaired) electrons. The van der Waals surface area contributed by atoms with Gasteiger partial charge in [0.05, 0.1) is 5.52 Å². The Labute approximate surface area is 113 Å². The molecule has 1 saturated carbocycles. The molecule has 1 fully saturated rings. The summed E-state index contributed by atoms with van der Waals surface area (Å²) in [5.74, 6) is 0.883. The van der Waals surface area contributed by atoms with Gasteiger partial charge in [0, 0.05) is 23.1 Å². The molecule has 1 aromatic carbocycles. The second-order valence-corrected chi connectivity index (χ2v) is 5.61. The van der Waals surface area contributed by atoms with Gasteiger partial charge in [-0.15, -0.1) is 0 Å². The molecule has 0 spiro atoms. The molecule has 0 amide bonds. The number of hydrogen-bond acceptors (Lipinski definition) is 2. The summed E-state index contributed by atoms with van der Waals surface area (Å²) in [5.41, 5.74) is 2.71. The Bertz CT molecular complexity index is 612. The van der Waals surface area contributed by atoms with E-state index in [0.717, 1.165) is 22.2 Å². The molecule has 1 aliphatic rings. The molecule has 2 aromatic rings. The average Bonchev–Trinajstić information content (AvgIpc) is 2.90. The number of para-hydroxylation sites is 1. The summed E-state index contributed by atoms with van der Waals surface area (Å²) in [6.45, 7) is 1.96. The molecule has 0 N–H and O–H groups in total. The molecular formula is C17H19NO. The van der Waals surface area contributed by atoms with E-state index >= 15 is 0 Å². The van der Waals surface area contributed by atoms with Crippen LogP contribution in [0.1, 0.15) is 48.2 Å². The van der Waals surface area contributed by atoms with Gasteiger partial charge in [-0.3, -0.25) is 9.78 Å². The Morgan fingerprint density at radius 3 is 2.79 bits per heavy atom. The van der Waals surface area contributed by atoms with E-state index in [9.17, 15) is 4.79 Å². The van der Waals surface area contributed by atoms with Crippen LogP contribution in [0.4, 0.5) is 0 Å². The van der Waals surface area contributed by atoms with Crippen LogP contribution >= 0.6 is 0 Å². The monoisotopic (exact) mass is 253 g/mol. The number of fused-ring (bicyclic) bond motifs is 1. The maximum atomic E-state index is 12.5. The summed E-state index contributed by atoms with van der Waals surface area (Å²) in [5, 5.41) is 0.996. The van der Waals surface area contributed by atoms with E-state index in [4.69, 9.17) is 0 Å².